The van der Waals surface area contributed by atoms with Crippen molar-refractivity contribution in [2.24, 2.45) is 0 Å². The van der Waals surface area contributed by atoms with Crippen LogP contribution in [0.2, 0.25) is 0 Å². The summed E-state index contributed by atoms with van der Waals surface area (Å²) in [7, 11) is 0. The van der Waals surface area contributed by atoms with E-state index in [0.717, 1.165) is 32.8 Å². The quantitative estimate of drug-likeness (QED) is 0.149. The average molecular weight is 564 g/mol. The zero-order valence-electron chi connectivity index (χ0n) is 23.5. The lowest BCUT2D eigenvalue weighted by Crippen LogP contribution is -2.30. The largest absolute Gasteiger partial charge is 0.325 e. The highest BCUT2D eigenvalue weighted by atomic mass is 32.2. The first-order valence-corrected chi connectivity index (χ1v) is 14.2. The van der Waals surface area contributed by atoms with Gasteiger partial charge in [-0.1, -0.05) is 60.2 Å². The van der Waals surface area contributed by atoms with Gasteiger partial charge in [-0.2, -0.15) is 0 Å². The molecule has 41 heavy (non-hydrogen) atoms. The lowest BCUT2D eigenvalue weighted by atomic mass is 10.1. The van der Waals surface area contributed by atoms with Crippen LogP contribution in [0.1, 0.15) is 39.5 Å². The van der Waals surface area contributed by atoms with Crippen molar-refractivity contribution in [3.05, 3.63) is 131 Å². The van der Waals surface area contributed by atoms with Gasteiger partial charge in [0.25, 0.3) is 11.8 Å². The smallest absolute Gasteiger partial charge is 0.272 e. The molecule has 4 rings (SSSR count). The summed E-state index contributed by atoms with van der Waals surface area (Å²) < 4.78 is 0. The number of hydrogen-bond acceptors (Lipinski definition) is 4. The molecule has 208 valence electrons. The summed E-state index contributed by atoms with van der Waals surface area (Å²) >= 11 is 1.43. The van der Waals surface area contributed by atoms with Crippen molar-refractivity contribution in [2.75, 3.05) is 10.6 Å². The van der Waals surface area contributed by atoms with Crippen molar-refractivity contribution in [3.8, 4) is 0 Å². The highest BCUT2D eigenvalue weighted by Crippen LogP contribution is 2.26. The van der Waals surface area contributed by atoms with Gasteiger partial charge in [-0.25, -0.2) is 0 Å². The van der Waals surface area contributed by atoms with Crippen LogP contribution in [-0.2, 0) is 9.59 Å². The molecule has 0 spiro atoms. The number of amides is 3. The molecule has 1 unspecified atom stereocenters. The summed E-state index contributed by atoms with van der Waals surface area (Å²) in [5.41, 5.74) is 5.89. The molecule has 3 amide bonds. The molecule has 6 nitrogen and oxygen atoms in total. The van der Waals surface area contributed by atoms with E-state index in [1.165, 1.54) is 11.8 Å². The van der Waals surface area contributed by atoms with Crippen LogP contribution in [0.3, 0.4) is 0 Å². The van der Waals surface area contributed by atoms with E-state index in [4.69, 9.17) is 0 Å². The highest BCUT2D eigenvalue weighted by Gasteiger charge is 2.17. The molecular formula is C34H33N3O3S. The first-order chi connectivity index (χ1) is 19.7. The maximum atomic E-state index is 13.3. The van der Waals surface area contributed by atoms with Crippen molar-refractivity contribution in [1.29, 1.82) is 0 Å². The van der Waals surface area contributed by atoms with Gasteiger partial charge in [-0.15, -0.1) is 11.8 Å². The van der Waals surface area contributed by atoms with E-state index in [0.29, 0.717) is 11.3 Å². The van der Waals surface area contributed by atoms with Crippen molar-refractivity contribution >= 4 is 46.9 Å². The Bertz CT molecular complexity index is 1580. The Morgan fingerprint density at radius 2 is 1.46 bits per heavy atom. The second-order valence-electron chi connectivity index (χ2n) is 9.84. The van der Waals surface area contributed by atoms with Gasteiger partial charge in [-0.05, 0) is 92.9 Å². The van der Waals surface area contributed by atoms with Gasteiger partial charge >= 0.3 is 0 Å². The topological polar surface area (TPSA) is 87.3 Å². The number of benzene rings is 4. The number of thioether (sulfide) groups is 1. The lowest BCUT2D eigenvalue weighted by Gasteiger charge is -2.15. The Labute approximate surface area is 245 Å². The van der Waals surface area contributed by atoms with E-state index in [1.54, 1.807) is 42.5 Å². The lowest BCUT2D eigenvalue weighted by molar-refractivity contribution is -0.115. The number of nitrogens with one attached hydrogen (secondary N) is 3. The third-order valence-electron chi connectivity index (χ3n) is 6.33. The predicted molar refractivity (Wildman–Crippen MR) is 168 cm³/mol. The first-order valence-electron chi connectivity index (χ1n) is 13.3. The van der Waals surface area contributed by atoms with Crippen molar-refractivity contribution in [1.82, 2.24) is 5.32 Å². The molecule has 0 heterocycles. The summed E-state index contributed by atoms with van der Waals surface area (Å²) in [5, 5.41) is 8.32. The van der Waals surface area contributed by atoms with Crippen LogP contribution in [0.25, 0.3) is 6.08 Å². The maximum absolute atomic E-state index is 13.3. The zero-order chi connectivity index (χ0) is 29.4. The van der Waals surface area contributed by atoms with Crippen LogP contribution in [0.15, 0.2) is 108 Å². The third kappa shape index (κ3) is 8.43. The fourth-order valence-electron chi connectivity index (χ4n) is 4.05. The Hall–Kier alpha value is -4.62. The van der Waals surface area contributed by atoms with Crippen LogP contribution in [0.5, 0.6) is 0 Å². The van der Waals surface area contributed by atoms with Gasteiger partial charge in [0, 0.05) is 21.8 Å². The SMILES string of the molecule is Cc1cccc(/C=C(\NC(=O)c2ccccc2)C(=O)Nc2ccc(SC(C)C(=O)Nc3cc(C)ccc3C)cc2)c1. The Kier molecular flexibility index (Phi) is 9.77. The van der Waals surface area contributed by atoms with Crippen molar-refractivity contribution in [2.45, 2.75) is 37.8 Å². The molecule has 0 fully saturated rings. The summed E-state index contributed by atoms with van der Waals surface area (Å²) in [6.45, 7) is 7.78. The average Bonchev–Trinajstić information content (AvgIpc) is 2.96. The zero-order valence-corrected chi connectivity index (χ0v) is 24.3. The fraction of sp³-hybridized carbons (Fsp3) is 0.147. The Morgan fingerprint density at radius 3 is 2.17 bits per heavy atom. The molecule has 0 bridgehead atoms. The minimum atomic E-state index is -0.447. The van der Waals surface area contributed by atoms with Crippen LogP contribution in [-0.4, -0.2) is 23.0 Å². The Morgan fingerprint density at radius 1 is 0.756 bits per heavy atom. The molecule has 0 saturated heterocycles. The standard InChI is InChI=1S/C34H33N3O3S/c1-22-9-8-10-26(19-22)21-31(37-33(39)27-11-6-5-7-12-27)34(40)35-28-15-17-29(18-16-28)41-25(4)32(38)36-30-20-23(2)13-14-24(30)3/h5-21,25H,1-4H3,(H,35,40)(H,36,38)(H,37,39)/b31-21-. The molecule has 0 radical (unpaired) electrons. The number of hydrogen-bond donors (Lipinski definition) is 3. The second kappa shape index (κ2) is 13.6. The molecule has 4 aromatic carbocycles. The molecule has 3 N–H and O–H groups in total. The summed E-state index contributed by atoms with van der Waals surface area (Å²) in [5.74, 6) is -0.904. The molecule has 0 aromatic heterocycles. The van der Waals surface area contributed by atoms with E-state index in [1.807, 2.05) is 88.4 Å². The van der Waals surface area contributed by atoms with E-state index in [-0.39, 0.29) is 22.8 Å². The van der Waals surface area contributed by atoms with Gasteiger partial charge in [0.15, 0.2) is 0 Å². The molecule has 0 aliphatic heterocycles. The molecular weight excluding hydrogens is 530 g/mol. The van der Waals surface area contributed by atoms with Crippen molar-refractivity contribution in [3.63, 3.8) is 0 Å². The monoisotopic (exact) mass is 563 g/mol. The van der Waals surface area contributed by atoms with Crippen LogP contribution >= 0.6 is 11.8 Å². The number of carbonyl (C=O) groups excluding carboxylic acids is 3. The van der Waals surface area contributed by atoms with Gasteiger partial charge in [0.05, 0.1) is 5.25 Å². The van der Waals surface area contributed by atoms with Crippen LogP contribution in [0, 0.1) is 20.8 Å². The van der Waals surface area contributed by atoms with E-state index in [2.05, 4.69) is 16.0 Å². The predicted octanol–water partition coefficient (Wildman–Crippen LogP) is 7.14. The van der Waals surface area contributed by atoms with E-state index in [9.17, 15) is 14.4 Å². The second-order valence-corrected chi connectivity index (χ2v) is 11.3. The number of carbonyl (C=O) groups is 3. The van der Waals surface area contributed by atoms with E-state index < -0.39 is 5.91 Å². The Balaban J connectivity index is 1.43. The molecule has 4 aromatic rings. The normalized spacial score (nSPS) is 11.9. The first kappa shape index (κ1) is 29.4. The molecule has 1 atom stereocenters. The summed E-state index contributed by atoms with van der Waals surface area (Å²) in [4.78, 5) is 39.8. The number of aryl methyl sites for hydroxylation is 3. The fourth-order valence-corrected chi connectivity index (χ4v) is 4.91. The number of rotatable bonds is 9. The summed E-state index contributed by atoms with van der Waals surface area (Å²) in [6, 6.07) is 29.7. The van der Waals surface area contributed by atoms with Gasteiger partial charge in [0.2, 0.25) is 5.91 Å². The molecule has 7 heteroatoms. The minimum absolute atomic E-state index is 0.0823. The van der Waals surface area contributed by atoms with Gasteiger partial charge < -0.3 is 16.0 Å². The maximum Gasteiger partial charge on any atom is 0.272 e. The summed E-state index contributed by atoms with van der Waals surface area (Å²) in [6.07, 6.45) is 1.66. The van der Waals surface area contributed by atoms with Crippen molar-refractivity contribution < 1.29 is 14.4 Å². The van der Waals surface area contributed by atoms with Gasteiger partial charge in [0.1, 0.15) is 5.70 Å². The van der Waals surface area contributed by atoms with Crippen LogP contribution in [0.4, 0.5) is 11.4 Å². The highest BCUT2D eigenvalue weighted by molar-refractivity contribution is 8.00. The minimum Gasteiger partial charge on any atom is -0.325 e. The van der Waals surface area contributed by atoms with Crippen LogP contribution < -0.4 is 16.0 Å². The molecule has 0 aliphatic carbocycles. The third-order valence-corrected chi connectivity index (χ3v) is 7.44. The molecule has 0 saturated carbocycles. The molecule has 0 aliphatic rings. The van der Waals surface area contributed by atoms with E-state index >= 15 is 0 Å². The number of anilines is 2. The van der Waals surface area contributed by atoms with Gasteiger partial charge in [-0.3, -0.25) is 14.4 Å².